The Hall–Kier alpha value is -3.09. The van der Waals surface area contributed by atoms with Crippen molar-refractivity contribution < 1.29 is 23.5 Å². The zero-order chi connectivity index (χ0) is 19.1. The average molecular weight is 358 g/mol. The van der Waals surface area contributed by atoms with E-state index in [0.717, 1.165) is 5.56 Å². The van der Waals surface area contributed by atoms with Gasteiger partial charge in [0.2, 0.25) is 0 Å². The van der Waals surface area contributed by atoms with Crippen LogP contribution in [0.15, 0.2) is 47.1 Å². The fourth-order valence-corrected chi connectivity index (χ4v) is 2.13. The van der Waals surface area contributed by atoms with E-state index in [1.807, 2.05) is 12.1 Å². The molecule has 1 heterocycles. The van der Waals surface area contributed by atoms with Gasteiger partial charge in [-0.2, -0.15) is 0 Å². The van der Waals surface area contributed by atoms with Crippen molar-refractivity contribution in [1.82, 2.24) is 5.32 Å². The van der Waals surface area contributed by atoms with E-state index >= 15 is 0 Å². The molecule has 1 atom stereocenters. The topological polar surface area (TPSA) is 97.6 Å². The van der Waals surface area contributed by atoms with E-state index in [1.54, 1.807) is 18.2 Å². The molecular weight excluding hydrogens is 336 g/mol. The van der Waals surface area contributed by atoms with Gasteiger partial charge in [0.25, 0.3) is 11.8 Å². The number of rotatable bonds is 7. The lowest BCUT2D eigenvalue weighted by Crippen LogP contribution is -2.35. The lowest BCUT2D eigenvalue weighted by molar-refractivity contribution is -0.152. The summed E-state index contributed by atoms with van der Waals surface area (Å²) in [5, 5.41) is 5.04. The highest BCUT2D eigenvalue weighted by molar-refractivity contribution is 5.96. The number of benzene rings is 1. The van der Waals surface area contributed by atoms with Crippen LogP contribution in [0.2, 0.25) is 0 Å². The van der Waals surface area contributed by atoms with Crippen molar-refractivity contribution in [2.24, 2.45) is 0 Å². The van der Waals surface area contributed by atoms with Crippen LogP contribution in [-0.4, -0.2) is 30.4 Å². The van der Waals surface area contributed by atoms with Crippen LogP contribution in [0.25, 0.3) is 0 Å². The van der Waals surface area contributed by atoms with E-state index in [9.17, 15) is 14.4 Å². The Morgan fingerprint density at radius 1 is 1.08 bits per heavy atom. The normalized spacial score (nSPS) is 11.7. The number of hydrogen-bond donors (Lipinski definition) is 2. The highest BCUT2D eigenvalue weighted by atomic mass is 16.5. The van der Waals surface area contributed by atoms with Crippen molar-refractivity contribution >= 4 is 23.5 Å². The van der Waals surface area contributed by atoms with Crippen molar-refractivity contribution in [1.29, 1.82) is 0 Å². The molecule has 0 unspecified atom stereocenters. The number of amides is 2. The molecule has 0 aliphatic carbocycles. The van der Waals surface area contributed by atoms with Crippen LogP contribution in [-0.2, 0) is 14.3 Å². The molecule has 1 aromatic heterocycles. The van der Waals surface area contributed by atoms with Crippen molar-refractivity contribution in [3.05, 3.63) is 54.0 Å². The average Bonchev–Trinajstić information content (AvgIpc) is 3.14. The summed E-state index contributed by atoms with van der Waals surface area (Å²) in [4.78, 5) is 35.5. The van der Waals surface area contributed by atoms with Crippen LogP contribution in [0.5, 0.6) is 0 Å². The molecule has 2 amide bonds. The van der Waals surface area contributed by atoms with E-state index in [1.165, 1.54) is 19.3 Å². The molecule has 26 heavy (non-hydrogen) atoms. The Morgan fingerprint density at radius 2 is 1.77 bits per heavy atom. The molecule has 0 bridgehead atoms. The third-order valence-electron chi connectivity index (χ3n) is 3.66. The number of hydrogen-bond acceptors (Lipinski definition) is 5. The quantitative estimate of drug-likeness (QED) is 0.742. The fraction of sp³-hybridized carbons (Fsp3) is 0.316. The zero-order valence-corrected chi connectivity index (χ0v) is 14.9. The van der Waals surface area contributed by atoms with Gasteiger partial charge in [0, 0.05) is 5.69 Å². The Bertz CT molecular complexity index is 751. The van der Waals surface area contributed by atoms with E-state index in [4.69, 9.17) is 9.15 Å². The number of esters is 1. The number of carbonyl (C=O) groups is 3. The second-order valence-electron chi connectivity index (χ2n) is 6.06. The molecule has 0 aliphatic rings. The summed E-state index contributed by atoms with van der Waals surface area (Å²) in [5.41, 5.74) is 1.78. The molecule has 2 rings (SSSR count). The molecule has 7 heteroatoms. The number of furan rings is 1. The van der Waals surface area contributed by atoms with Gasteiger partial charge in [0.1, 0.15) is 6.54 Å². The van der Waals surface area contributed by atoms with Crippen LogP contribution >= 0.6 is 0 Å². The summed E-state index contributed by atoms with van der Waals surface area (Å²) in [6, 6.07) is 10.5. The Labute approximate surface area is 151 Å². The van der Waals surface area contributed by atoms with Gasteiger partial charge in [0.15, 0.2) is 11.9 Å². The number of ether oxygens (including phenoxy) is 1. The van der Waals surface area contributed by atoms with Crippen LogP contribution < -0.4 is 10.6 Å². The van der Waals surface area contributed by atoms with Crippen LogP contribution in [0.1, 0.15) is 42.8 Å². The molecular formula is C19H22N2O5. The Balaban J connectivity index is 1.78. The maximum atomic E-state index is 12.1. The maximum absolute atomic E-state index is 12.1. The lowest BCUT2D eigenvalue weighted by atomic mass is 10.0. The Kier molecular flexibility index (Phi) is 6.54. The van der Waals surface area contributed by atoms with Gasteiger partial charge in [-0.15, -0.1) is 0 Å². The molecule has 1 aromatic carbocycles. The third kappa shape index (κ3) is 5.47. The standard InChI is InChI=1S/C19H22N2O5/c1-12(2)14-6-8-15(9-7-14)21-18(23)13(3)26-17(22)11-20-19(24)16-5-4-10-25-16/h4-10,12-13H,11H2,1-3H3,(H,20,24)(H,21,23)/t13-/m1/s1. The smallest absolute Gasteiger partial charge is 0.326 e. The molecule has 0 fully saturated rings. The van der Waals surface area contributed by atoms with Gasteiger partial charge in [0.05, 0.1) is 6.26 Å². The van der Waals surface area contributed by atoms with Gasteiger partial charge in [-0.1, -0.05) is 26.0 Å². The van der Waals surface area contributed by atoms with Crippen molar-refractivity contribution in [3.8, 4) is 0 Å². The van der Waals surface area contributed by atoms with E-state index in [2.05, 4.69) is 24.5 Å². The van der Waals surface area contributed by atoms with Gasteiger partial charge in [-0.05, 0) is 42.7 Å². The molecule has 0 saturated carbocycles. The van der Waals surface area contributed by atoms with Crippen LogP contribution in [0.4, 0.5) is 5.69 Å². The van der Waals surface area contributed by atoms with Crippen molar-refractivity contribution in [2.45, 2.75) is 32.8 Å². The van der Waals surface area contributed by atoms with Gasteiger partial charge in [-0.3, -0.25) is 14.4 Å². The molecule has 2 aromatic rings. The highest BCUT2D eigenvalue weighted by Gasteiger charge is 2.19. The lowest BCUT2D eigenvalue weighted by Gasteiger charge is -2.14. The van der Waals surface area contributed by atoms with Crippen molar-refractivity contribution in [3.63, 3.8) is 0 Å². The molecule has 0 aliphatic heterocycles. The minimum atomic E-state index is -0.993. The molecule has 138 valence electrons. The number of carbonyl (C=O) groups excluding carboxylic acids is 3. The number of anilines is 1. The summed E-state index contributed by atoms with van der Waals surface area (Å²) in [6.45, 7) is 5.27. The first kappa shape index (κ1) is 19.2. The van der Waals surface area contributed by atoms with E-state index in [-0.39, 0.29) is 12.3 Å². The SMILES string of the molecule is CC(C)c1ccc(NC(=O)[C@@H](C)OC(=O)CNC(=O)c2ccco2)cc1. The van der Waals surface area contributed by atoms with E-state index in [0.29, 0.717) is 11.6 Å². The molecule has 2 N–H and O–H groups in total. The van der Waals surface area contributed by atoms with Crippen molar-refractivity contribution in [2.75, 3.05) is 11.9 Å². The van der Waals surface area contributed by atoms with Gasteiger partial charge >= 0.3 is 5.97 Å². The highest BCUT2D eigenvalue weighted by Crippen LogP contribution is 2.17. The minimum Gasteiger partial charge on any atom is -0.459 e. The maximum Gasteiger partial charge on any atom is 0.326 e. The predicted octanol–water partition coefficient (Wildman–Crippen LogP) is 2.70. The molecule has 7 nitrogen and oxygen atoms in total. The first-order valence-corrected chi connectivity index (χ1v) is 8.29. The molecule has 0 saturated heterocycles. The van der Waals surface area contributed by atoms with Crippen LogP contribution in [0, 0.1) is 0 Å². The first-order chi connectivity index (χ1) is 12.4. The zero-order valence-electron chi connectivity index (χ0n) is 14.9. The molecule has 0 radical (unpaired) electrons. The Morgan fingerprint density at radius 3 is 2.35 bits per heavy atom. The number of nitrogens with one attached hydrogen (secondary N) is 2. The summed E-state index contributed by atoms with van der Waals surface area (Å²) < 4.78 is 9.93. The summed E-state index contributed by atoms with van der Waals surface area (Å²) in [7, 11) is 0. The van der Waals surface area contributed by atoms with Gasteiger partial charge < -0.3 is 19.8 Å². The largest absolute Gasteiger partial charge is 0.459 e. The summed E-state index contributed by atoms with van der Waals surface area (Å²) in [5.74, 6) is -1.21. The third-order valence-corrected chi connectivity index (χ3v) is 3.66. The van der Waals surface area contributed by atoms with Gasteiger partial charge in [-0.25, -0.2) is 0 Å². The fourth-order valence-electron chi connectivity index (χ4n) is 2.13. The first-order valence-electron chi connectivity index (χ1n) is 8.29. The summed E-state index contributed by atoms with van der Waals surface area (Å²) >= 11 is 0. The van der Waals surface area contributed by atoms with E-state index < -0.39 is 23.9 Å². The summed E-state index contributed by atoms with van der Waals surface area (Å²) in [6.07, 6.45) is 0.362. The predicted molar refractivity (Wildman–Crippen MR) is 95.8 cm³/mol. The van der Waals surface area contributed by atoms with Crippen LogP contribution in [0.3, 0.4) is 0 Å². The molecule has 0 spiro atoms. The second kappa shape index (κ2) is 8.84. The minimum absolute atomic E-state index is 0.0911. The monoisotopic (exact) mass is 358 g/mol. The second-order valence-corrected chi connectivity index (χ2v) is 6.06.